The first-order chi connectivity index (χ1) is 10.5. The topological polar surface area (TPSA) is 45.2 Å². The fraction of sp³-hybridized carbons (Fsp3) is 0.438. The number of fused-ring (bicyclic) bond motifs is 1. The lowest BCUT2D eigenvalue weighted by Gasteiger charge is -2.29. The third-order valence-electron chi connectivity index (χ3n) is 4.09. The molecule has 0 saturated carbocycles. The fourth-order valence-corrected chi connectivity index (χ4v) is 2.96. The van der Waals surface area contributed by atoms with Crippen molar-refractivity contribution in [2.45, 2.75) is 37.6 Å². The van der Waals surface area contributed by atoms with Crippen molar-refractivity contribution >= 4 is 10.9 Å². The molecular weight excluding hydrogens is 293 g/mol. The smallest absolute Gasteiger partial charge is 0.387 e. The maximum atomic E-state index is 13.0. The third kappa shape index (κ3) is 2.94. The van der Waals surface area contributed by atoms with Gasteiger partial charge in [0.2, 0.25) is 0 Å². The molecule has 0 bridgehead atoms. The van der Waals surface area contributed by atoms with Gasteiger partial charge in [-0.25, -0.2) is 4.98 Å². The highest BCUT2D eigenvalue weighted by Crippen LogP contribution is 2.34. The molecule has 1 aliphatic heterocycles. The van der Waals surface area contributed by atoms with Crippen molar-refractivity contribution in [1.82, 2.24) is 10.3 Å². The average Bonchev–Trinajstić information content (AvgIpc) is 2.53. The van der Waals surface area contributed by atoms with E-state index in [1.54, 1.807) is 18.2 Å². The van der Waals surface area contributed by atoms with Gasteiger partial charge in [0.25, 0.3) is 0 Å². The lowest BCUT2D eigenvalue weighted by Crippen LogP contribution is -2.39. The summed E-state index contributed by atoms with van der Waals surface area (Å²) >= 11 is 0. The van der Waals surface area contributed by atoms with E-state index in [9.17, 15) is 18.3 Å². The summed E-state index contributed by atoms with van der Waals surface area (Å²) in [7, 11) is 0. The normalized spacial score (nSPS) is 21.0. The van der Waals surface area contributed by atoms with Gasteiger partial charge in [-0.1, -0.05) is 24.6 Å². The lowest BCUT2D eigenvalue weighted by atomic mass is 9.92. The number of aliphatic hydroxyl groups is 1. The van der Waals surface area contributed by atoms with E-state index in [0.717, 1.165) is 31.9 Å². The predicted octanol–water partition coefficient (Wildman–Crippen LogP) is 3.43. The largest absolute Gasteiger partial charge is 0.433 e. The van der Waals surface area contributed by atoms with Crippen LogP contribution in [0.5, 0.6) is 0 Å². The first-order valence-corrected chi connectivity index (χ1v) is 7.35. The zero-order valence-corrected chi connectivity index (χ0v) is 11.9. The number of rotatable bonds is 2. The van der Waals surface area contributed by atoms with Gasteiger partial charge >= 0.3 is 6.18 Å². The number of para-hydroxylation sites is 1. The molecule has 1 aliphatic rings. The molecule has 6 heteroatoms. The van der Waals surface area contributed by atoms with Crippen LogP contribution in [0.3, 0.4) is 0 Å². The van der Waals surface area contributed by atoms with Crippen LogP contribution in [0, 0.1) is 0 Å². The Morgan fingerprint density at radius 3 is 2.68 bits per heavy atom. The summed E-state index contributed by atoms with van der Waals surface area (Å²) in [6.07, 6.45) is -2.77. The number of nitrogens with one attached hydrogen (secondary N) is 1. The zero-order valence-electron chi connectivity index (χ0n) is 11.9. The molecular formula is C16H17F3N2O. The van der Waals surface area contributed by atoms with Crippen molar-refractivity contribution in [3.05, 3.63) is 41.6 Å². The number of piperidine rings is 1. The maximum Gasteiger partial charge on any atom is 0.433 e. The molecule has 3 nitrogen and oxygen atoms in total. The fourth-order valence-electron chi connectivity index (χ4n) is 2.96. The Morgan fingerprint density at radius 1 is 1.23 bits per heavy atom. The minimum atomic E-state index is -4.53. The highest BCUT2D eigenvalue weighted by Gasteiger charge is 2.35. The van der Waals surface area contributed by atoms with E-state index >= 15 is 0 Å². The van der Waals surface area contributed by atoms with Crippen LogP contribution >= 0.6 is 0 Å². The molecule has 2 N–H and O–H groups in total. The summed E-state index contributed by atoms with van der Waals surface area (Å²) < 4.78 is 39.1. The molecule has 0 unspecified atom stereocenters. The Bertz CT molecular complexity index is 666. The highest BCUT2D eigenvalue weighted by molar-refractivity contribution is 5.82. The van der Waals surface area contributed by atoms with E-state index in [0.29, 0.717) is 5.39 Å². The lowest BCUT2D eigenvalue weighted by molar-refractivity contribution is -0.141. The van der Waals surface area contributed by atoms with Crippen molar-refractivity contribution in [3.8, 4) is 0 Å². The summed E-state index contributed by atoms with van der Waals surface area (Å²) in [5.41, 5.74) is -0.421. The predicted molar refractivity (Wildman–Crippen MR) is 77.3 cm³/mol. The number of benzene rings is 1. The van der Waals surface area contributed by atoms with Gasteiger partial charge in [0.15, 0.2) is 0 Å². The van der Waals surface area contributed by atoms with Crippen LogP contribution in [-0.2, 0) is 6.18 Å². The monoisotopic (exact) mass is 310 g/mol. The average molecular weight is 310 g/mol. The Hall–Kier alpha value is -1.66. The molecule has 1 fully saturated rings. The molecule has 0 aliphatic carbocycles. The number of hydrogen-bond acceptors (Lipinski definition) is 3. The van der Waals surface area contributed by atoms with Crippen molar-refractivity contribution in [3.63, 3.8) is 0 Å². The molecule has 1 saturated heterocycles. The quantitative estimate of drug-likeness (QED) is 0.893. The first kappa shape index (κ1) is 15.2. The standard InChI is InChI=1S/C16H17F3N2O/c17-16(18,19)14-9-11(10-5-1-2-6-12(10)21-14)15(22)13-7-3-4-8-20-13/h1-2,5-6,9,13,15,20,22H,3-4,7-8H2/t13-,15+/m1/s1. The Labute approximate surface area is 126 Å². The summed E-state index contributed by atoms with van der Waals surface area (Å²) in [6.45, 7) is 0.775. The number of halogens is 3. The molecule has 2 atom stereocenters. The summed E-state index contributed by atoms with van der Waals surface area (Å²) in [5.74, 6) is 0. The summed E-state index contributed by atoms with van der Waals surface area (Å²) in [6, 6.07) is 7.37. The number of nitrogens with zero attached hydrogens (tertiary/aromatic N) is 1. The van der Waals surface area contributed by atoms with Crippen molar-refractivity contribution < 1.29 is 18.3 Å². The van der Waals surface area contributed by atoms with E-state index < -0.39 is 18.0 Å². The molecule has 0 radical (unpaired) electrons. The molecule has 2 aromatic rings. The Balaban J connectivity index is 2.09. The number of hydrogen-bond donors (Lipinski definition) is 2. The number of pyridine rings is 1. The van der Waals surface area contributed by atoms with Crippen LogP contribution in [0.15, 0.2) is 30.3 Å². The number of aromatic nitrogens is 1. The van der Waals surface area contributed by atoms with E-state index in [2.05, 4.69) is 10.3 Å². The second-order valence-electron chi connectivity index (χ2n) is 5.61. The summed E-state index contributed by atoms with van der Waals surface area (Å²) in [4.78, 5) is 3.68. The second kappa shape index (κ2) is 5.85. The van der Waals surface area contributed by atoms with E-state index in [1.165, 1.54) is 6.07 Å². The van der Waals surface area contributed by atoms with E-state index in [-0.39, 0.29) is 17.1 Å². The van der Waals surface area contributed by atoms with Crippen molar-refractivity contribution in [2.24, 2.45) is 0 Å². The van der Waals surface area contributed by atoms with Gasteiger partial charge in [-0.05, 0) is 37.1 Å². The third-order valence-corrected chi connectivity index (χ3v) is 4.09. The maximum absolute atomic E-state index is 13.0. The van der Waals surface area contributed by atoms with Crippen molar-refractivity contribution in [2.75, 3.05) is 6.54 Å². The summed E-state index contributed by atoms with van der Waals surface area (Å²) in [5, 5.41) is 14.3. The molecule has 0 spiro atoms. The first-order valence-electron chi connectivity index (χ1n) is 7.35. The highest BCUT2D eigenvalue weighted by atomic mass is 19.4. The molecule has 2 heterocycles. The van der Waals surface area contributed by atoms with Gasteiger partial charge < -0.3 is 10.4 Å². The van der Waals surface area contributed by atoms with E-state index in [4.69, 9.17) is 0 Å². The minimum Gasteiger partial charge on any atom is -0.387 e. The second-order valence-corrected chi connectivity index (χ2v) is 5.61. The number of alkyl halides is 3. The molecule has 1 aromatic carbocycles. The van der Waals surface area contributed by atoms with Gasteiger partial charge in [-0.15, -0.1) is 0 Å². The van der Waals surface area contributed by atoms with Crippen LogP contribution < -0.4 is 5.32 Å². The van der Waals surface area contributed by atoms with Gasteiger partial charge in [0, 0.05) is 11.4 Å². The van der Waals surface area contributed by atoms with Gasteiger partial charge in [0.05, 0.1) is 11.6 Å². The Morgan fingerprint density at radius 2 is 2.00 bits per heavy atom. The van der Waals surface area contributed by atoms with Gasteiger partial charge in [-0.3, -0.25) is 0 Å². The molecule has 0 amide bonds. The molecule has 118 valence electrons. The molecule has 1 aromatic heterocycles. The molecule has 22 heavy (non-hydrogen) atoms. The SMILES string of the molecule is O[C@@H](c1cc(C(F)(F)F)nc2ccccc12)[C@H]1CCCCN1. The molecule has 3 rings (SSSR count). The Kier molecular flexibility index (Phi) is 4.06. The number of aliphatic hydroxyl groups excluding tert-OH is 1. The van der Waals surface area contributed by atoms with Crippen LogP contribution in [0.2, 0.25) is 0 Å². The van der Waals surface area contributed by atoms with Crippen LogP contribution in [-0.4, -0.2) is 22.7 Å². The van der Waals surface area contributed by atoms with Crippen LogP contribution in [0.4, 0.5) is 13.2 Å². The van der Waals surface area contributed by atoms with Gasteiger partial charge in [0.1, 0.15) is 5.69 Å². The van der Waals surface area contributed by atoms with Crippen LogP contribution in [0.1, 0.15) is 36.6 Å². The van der Waals surface area contributed by atoms with Gasteiger partial charge in [-0.2, -0.15) is 13.2 Å². The van der Waals surface area contributed by atoms with Crippen LogP contribution in [0.25, 0.3) is 10.9 Å². The zero-order chi connectivity index (χ0) is 15.7. The van der Waals surface area contributed by atoms with E-state index in [1.807, 2.05) is 0 Å². The van der Waals surface area contributed by atoms with Crippen molar-refractivity contribution in [1.29, 1.82) is 0 Å². The minimum absolute atomic E-state index is 0.222.